The second-order valence-corrected chi connectivity index (χ2v) is 6.87. The summed E-state index contributed by atoms with van der Waals surface area (Å²) in [6.07, 6.45) is 0. The van der Waals surface area contributed by atoms with E-state index in [-0.39, 0.29) is 17.7 Å². The summed E-state index contributed by atoms with van der Waals surface area (Å²) in [5.74, 6) is -0.149. The number of rotatable bonds is 2. The predicted molar refractivity (Wildman–Crippen MR) is 82.5 cm³/mol. The van der Waals surface area contributed by atoms with Crippen molar-refractivity contribution in [2.45, 2.75) is 39.3 Å². The van der Waals surface area contributed by atoms with Crippen LogP contribution in [-0.2, 0) is 9.59 Å². The molecule has 20 heavy (non-hydrogen) atoms. The number of nitrogens with zero attached hydrogens (tertiary/aromatic N) is 1. The lowest BCUT2D eigenvalue weighted by Crippen LogP contribution is -2.69. The summed E-state index contributed by atoms with van der Waals surface area (Å²) >= 11 is 3.38. The molecule has 5 heteroatoms. The Hall–Kier alpha value is -1.36. The molecule has 1 saturated heterocycles. The molecule has 1 heterocycles. The molecule has 108 valence electrons. The molecule has 2 rings (SSSR count). The fraction of sp³-hybridized carbons (Fsp3) is 0.467. The number of amides is 2. The van der Waals surface area contributed by atoms with Gasteiger partial charge < -0.3 is 5.32 Å². The lowest BCUT2D eigenvalue weighted by molar-refractivity contribution is -0.138. The third kappa shape index (κ3) is 2.59. The maximum atomic E-state index is 12.7. The van der Waals surface area contributed by atoms with Crippen molar-refractivity contribution in [1.29, 1.82) is 0 Å². The highest BCUT2D eigenvalue weighted by Gasteiger charge is 2.46. The molecule has 1 atom stereocenters. The lowest BCUT2D eigenvalue weighted by Gasteiger charge is -2.44. The number of halogens is 1. The summed E-state index contributed by atoms with van der Waals surface area (Å²) < 4.78 is 0.940. The van der Waals surface area contributed by atoms with Crippen molar-refractivity contribution in [3.05, 3.63) is 28.7 Å². The van der Waals surface area contributed by atoms with E-state index in [0.29, 0.717) is 0 Å². The van der Waals surface area contributed by atoms with Crippen LogP contribution >= 0.6 is 15.9 Å². The molecule has 1 aliphatic rings. The van der Waals surface area contributed by atoms with Crippen molar-refractivity contribution in [2.24, 2.45) is 5.92 Å². The van der Waals surface area contributed by atoms with E-state index in [9.17, 15) is 9.59 Å². The fourth-order valence-electron chi connectivity index (χ4n) is 2.46. The van der Waals surface area contributed by atoms with E-state index in [2.05, 4.69) is 21.2 Å². The SMILES string of the molecule is CC(C)C1C(=O)NC(C)(C)C(=O)N1c1ccc(Br)cc1. The molecule has 1 fully saturated rings. The van der Waals surface area contributed by atoms with Crippen molar-refractivity contribution in [1.82, 2.24) is 5.32 Å². The van der Waals surface area contributed by atoms with Crippen LogP contribution in [0.2, 0.25) is 0 Å². The lowest BCUT2D eigenvalue weighted by atomic mass is 9.91. The van der Waals surface area contributed by atoms with E-state index < -0.39 is 11.6 Å². The van der Waals surface area contributed by atoms with Gasteiger partial charge in [-0.15, -0.1) is 0 Å². The van der Waals surface area contributed by atoms with Gasteiger partial charge in [0.05, 0.1) is 0 Å². The smallest absolute Gasteiger partial charge is 0.252 e. The molecule has 1 unspecified atom stereocenters. The molecular weight excluding hydrogens is 320 g/mol. The Morgan fingerprint density at radius 3 is 2.25 bits per heavy atom. The maximum Gasteiger partial charge on any atom is 0.252 e. The third-order valence-corrected chi connectivity index (χ3v) is 4.00. The number of piperazine rings is 1. The van der Waals surface area contributed by atoms with Crippen LogP contribution in [0.1, 0.15) is 27.7 Å². The van der Waals surface area contributed by atoms with Crippen LogP contribution in [0.25, 0.3) is 0 Å². The number of carbonyl (C=O) groups excluding carboxylic acids is 2. The van der Waals surface area contributed by atoms with Gasteiger partial charge in [0.2, 0.25) is 5.91 Å². The number of hydrogen-bond donors (Lipinski definition) is 1. The minimum Gasteiger partial charge on any atom is -0.340 e. The van der Waals surface area contributed by atoms with E-state index in [4.69, 9.17) is 0 Å². The highest BCUT2D eigenvalue weighted by atomic mass is 79.9. The van der Waals surface area contributed by atoms with E-state index in [1.165, 1.54) is 0 Å². The van der Waals surface area contributed by atoms with Crippen molar-refractivity contribution in [3.8, 4) is 0 Å². The largest absolute Gasteiger partial charge is 0.340 e. The monoisotopic (exact) mass is 338 g/mol. The van der Waals surface area contributed by atoms with Crippen LogP contribution in [-0.4, -0.2) is 23.4 Å². The molecule has 0 aromatic heterocycles. The summed E-state index contributed by atoms with van der Waals surface area (Å²) in [5, 5.41) is 2.81. The summed E-state index contributed by atoms with van der Waals surface area (Å²) in [6, 6.07) is 6.98. The molecule has 2 amide bonds. The van der Waals surface area contributed by atoms with Gasteiger partial charge in [-0.2, -0.15) is 0 Å². The van der Waals surface area contributed by atoms with Crippen molar-refractivity contribution < 1.29 is 9.59 Å². The van der Waals surface area contributed by atoms with Crippen molar-refractivity contribution in [2.75, 3.05) is 4.90 Å². The van der Waals surface area contributed by atoms with Crippen LogP contribution in [0.15, 0.2) is 28.7 Å². The Morgan fingerprint density at radius 2 is 1.75 bits per heavy atom. The van der Waals surface area contributed by atoms with Crippen molar-refractivity contribution >= 4 is 33.4 Å². The summed E-state index contributed by atoms with van der Waals surface area (Å²) in [5.41, 5.74) is -0.130. The van der Waals surface area contributed by atoms with Gasteiger partial charge in [0.25, 0.3) is 5.91 Å². The van der Waals surface area contributed by atoms with E-state index in [1.54, 1.807) is 18.7 Å². The molecular formula is C15H19BrN2O2. The third-order valence-electron chi connectivity index (χ3n) is 3.47. The topological polar surface area (TPSA) is 49.4 Å². The van der Waals surface area contributed by atoms with E-state index in [0.717, 1.165) is 10.2 Å². The molecule has 0 spiro atoms. The van der Waals surface area contributed by atoms with Crippen LogP contribution in [0, 0.1) is 5.92 Å². The zero-order valence-corrected chi connectivity index (χ0v) is 13.7. The van der Waals surface area contributed by atoms with Crippen molar-refractivity contribution in [3.63, 3.8) is 0 Å². The first-order valence-electron chi connectivity index (χ1n) is 6.65. The number of carbonyl (C=O) groups is 2. The fourth-order valence-corrected chi connectivity index (χ4v) is 2.72. The minimum atomic E-state index is -0.879. The maximum absolute atomic E-state index is 12.7. The average molecular weight is 339 g/mol. The van der Waals surface area contributed by atoms with Crippen LogP contribution in [0.3, 0.4) is 0 Å². The average Bonchev–Trinajstić information content (AvgIpc) is 2.33. The molecule has 0 bridgehead atoms. The number of benzene rings is 1. The first-order valence-corrected chi connectivity index (χ1v) is 7.44. The Balaban J connectivity index is 2.50. The quantitative estimate of drug-likeness (QED) is 0.901. The predicted octanol–water partition coefficient (Wildman–Crippen LogP) is 2.72. The van der Waals surface area contributed by atoms with Gasteiger partial charge in [-0.05, 0) is 44.0 Å². The van der Waals surface area contributed by atoms with Gasteiger partial charge in [-0.1, -0.05) is 29.8 Å². The molecule has 1 aliphatic heterocycles. The van der Waals surface area contributed by atoms with Crippen LogP contribution < -0.4 is 10.2 Å². The zero-order chi connectivity index (χ0) is 15.1. The van der Waals surface area contributed by atoms with Crippen LogP contribution in [0.5, 0.6) is 0 Å². The van der Waals surface area contributed by atoms with Gasteiger partial charge in [-0.25, -0.2) is 0 Å². The van der Waals surface area contributed by atoms with Gasteiger partial charge in [0.1, 0.15) is 11.6 Å². The summed E-state index contributed by atoms with van der Waals surface area (Å²) in [6.45, 7) is 7.36. The Labute approximate surface area is 127 Å². The molecule has 1 aromatic rings. The van der Waals surface area contributed by atoms with Gasteiger partial charge in [-0.3, -0.25) is 14.5 Å². The molecule has 0 aliphatic carbocycles. The molecule has 1 N–H and O–H groups in total. The highest BCUT2D eigenvalue weighted by molar-refractivity contribution is 9.10. The summed E-state index contributed by atoms with van der Waals surface area (Å²) in [7, 11) is 0. The second kappa shape index (κ2) is 5.20. The Bertz CT molecular complexity index is 537. The zero-order valence-electron chi connectivity index (χ0n) is 12.1. The normalized spacial score (nSPS) is 22.1. The number of anilines is 1. The first kappa shape index (κ1) is 15.0. The van der Waals surface area contributed by atoms with E-state index >= 15 is 0 Å². The Morgan fingerprint density at radius 1 is 1.20 bits per heavy atom. The molecule has 0 saturated carbocycles. The van der Waals surface area contributed by atoms with Gasteiger partial charge in [0.15, 0.2) is 0 Å². The minimum absolute atomic E-state index is 0.0405. The molecule has 1 aromatic carbocycles. The highest BCUT2D eigenvalue weighted by Crippen LogP contribution is 2.29. The van der Waals surface area contributed by atoms with Gasteiger partial charge >= 0.3 is 0 Å². The van der Waals surface area contributed by atoms with E-state index in [1.807, 2.05) is 38.1 Å². The first-order chi connectivity index (χ1) is 9.24. The van der Waals surface area contributed by atoms with Gasteiger partial charge in [0, 0.05) is 10.2 Å². The standard InChI is InChI=1S/C15H19BrN2O2/c1-9(2)12-13(19)17-15(3,4)14(20)18(12)11-7-5-10(16)6-8-11/h5-9,12H,1-4H3,(H,17,19). The Kier molecular flexibility index (Phi) is 3.91. The molecule has 0 radical (unpaired) electrons. The second-order valence-electron chi connectivity index (χ2n) is 5.95. The van der Waals surface area contributed by atoms with Crippen LogP contribution in [0.4, 0.5) is 5.69 Å². The number of hydrogen-bond acceptors (Lipinski definition) is 2. The molecule has 4 nitrogen and oxygen atoms in total. The number of nitrogens with one attached hydrogen (secondary N) is 1. The summed E-state index contributed by atoms with van der Waals surface area (Å²) in [4.78, 5) is 26.6.